The molecule has 1 aromatic heterocycles. The van der Waals surface area contributed by atoms with Gasteiger partial charge >= 0.3 is 17.9 Å². The van der Waals surface area contributed by atoms with Gasteiger partial charge in [-0.25, -0.2) is 0 Å². The van der Waals surface area contributed by atoms with Crippen LogP contribution in [0.15, 0.2) is 35.2 Å². The molecule has 208 valence electrons. The first-order valence-electron chi connectivity index (χ1n) is 13.2. The van der Waals surface area contributed by atoms with E-state index in [0.29, 0.717) is 30.4 Å². The van der Waals surface area contributed by atoms with Crippen molar-refractivity contribution >= 4 is 17.9 Å². The molecule has 2 bridgehead atoms. The second kappa shape index (κ2) is 8.42. The Labute approximate surface area is 222 Å². The molecule has 1 aromatic rings. The van der Waals surface area contributed by atoms with Gasteiger partial charge in [0.15, 0.2) is 0 Å². The van der Waals surface area contributed by atoms with E-state index in [2.05, 4.69) is 6.58 Å². The van der Waals surface area contributed by atoms with E-state index in [1.54, 1.807) is 12.3 Å². The largest absolute Gasteiger partial charge is 0.472 e. The summed E-state index contributed by atoms with van der Waals surface area (Å²) in [5, 5.41) is 12.7. The molecule has 9 heteroatoms. The molecule has 3 heterocycles. The molecule has 2 saturated carbocycles. The maximum absolute atomic E-state index is 13.1. The summed E-state index contributed by atoms with van der Waals surface area (Å²) >= 11 is 0. The van der Waals surface area contributed by atoms with Gasteiger partial charge in [0.2, 0.25) is 0 Å². The van der Waals surface area contributed by atoms with Gasteiger partial charge in [-0.1, -0.05) is 34.3 Å². The minimum Gasteiger partial charge on any atom is -0.472 e. The molecule has 5 rings (SSSR count). The number of fused-ring (bicyclic) bond motifs is 3. The van der Waals surface area contributed by atoms with Crippen molar-refractivity contribution in [3.8, 4) is 0 Å². The Balaban J connectivity index is 1.68. The standard InChI is InChI=1S/C29H38O9/c1-16-28(33)10-9-26(5)24(18-8-11-35-15-18)37-23(32)14-29(16,26)38-21-13-20(36-17(2)30)25(3,4)19(27(21,28)6)12-22(31)34-7/h8,11,15,19-21,24,33H,1,9-10,12-14H2,2-7H3/t19-,20+,21-,24-,26-,27+,28+,29-/m0/s1. The predicted octanol–water partition coefficient (Wildman–Crippen LogP) is 4.04. The van der Waals surface area contributed by atoms with Crippen LogP contribution in [0.25, 0.3) is 0 Å². The molecule has 0 radical (unpaired) electrons. The zero-order chi connectivity index (χ0) is 27.9. The maximum atomic E-state index is 13.1. The highest BCUT2D eigenvalue weighted by molar-refractivity contribution is 5.75. The first kappa shape index (κ1) is 26.9. The fourth-order valence-corrected chi connectivity index (χ4v) is 8.39. The summed E-state index contributed by atoms with van der Waals surface area (Å²) in [5.41, 5.74) is -4.01. The van der Waals surface area contributed by atoms with E-state index in [-0.39, 0.29) is 12.8 Å². The Bertz CT molecular complexity index is 1170. The molecule has 38 heavy (non-hydrogen) atoms. The van der Waals surface area contributed by atoms with Gasteiger partial charge in [-0.05, 0) is 30.4 Å². The minimum absolute atomic E-state index is 0.00281. The average Bonchev–Trinajstić information content (AvgIpc) is 3.37. The molecule has 0 unspecified atom stereocenters. The Morgan fingerprint density at radius 3 is 2.53 bits per heavy atom. The predicted molar refractivity (Wildman–Crippen MR) is 133 cm³/mol. The monoisotopic (exact) mass is 530 g/mol. The highest BCUT2D eigenvalue weighted by atomic mass is 16.6. The molecule has 1 spiro atoms. The lowest BCUT2D eigenvalue weighted by atomic mass is 9.39. The lowest BCUT2D eigenvalue weighted by Gasteiger charge is -2.73. The second-order valence-electron chi connectivity index (χ2n) is 12.6. The van der Waals surface area contributed by atoms with Crippen molar-refractivity contribution in [2.75, 3.05) is 7.11 Å². The number of ether oxygens (including phenoxy) is 4. The van der Waals surface area contributed by atoms with E-state index >= 15 is 0 Å². The minimum atomic E-state index is -1.47. The van der Waals surface area contributed by atoms with Crippen LogP contribution in [0.1, 0.15) is 78.4 Å². The molecular formula is C29H38O9. The van der Waals surface area contributed by atoms with Crippen molar-refractivity contribution in [3.05, 3.63) is 36.3 Å². The SMILES string of the molecule is C=C1[C@]2(O)CC[C@@]3(C)[C@H](c4ccoc4)OC(=O)C[C@]13O[C@H]1C[C@@H](OC(C)=O)C(C)(C)[C@H](CC(=O)OC)[C@]12C. The van der Waals surface area contributed by atoms with E-state index in [1.807, 2.05) is 27.7 Å². The molecule has 2 aliphatic carbocycles. The average molecular weight is 531 g/mol. The Morgan fingerprint density at radius 1 is 1.21 bits per heavy atom. The van der Waals surface area contributed by atoms with Crippen molar-refractivity contribution in [2.24, 2.45) is 22.2 Å². The summed E-state index contributed by atoms with van der Waals surface area (Å²) in [4.78, 5) is 38.0. The summed E-state index contributed by atoms with van der Waals surface area (Å²) in [5.74, 6) is -1.81. The van der Waals surface area contributed by atoms with Gasteiger partial charge in [0.05, 0.1) is 37.8 Å². The third-order valence-electron chi connectivity index (χ3n) is 10.7. The van der Waals surface area contributed by atoms with Crippen LogP contribution in [-0.2, 0) is 33.3 Å². The number of carbonyl (C=O) groups excluding carboxylic acids is 3. The lowest BCUT2D eigenvalue weighted by molar-refractivity contribution is -0.347. The Hall–Kier alpha value is -2.65. The van der Waals surface area contributed by atoms with E-state index in [1.165, 1.54) is 20.3 Å². The molecule has 0 amide bonds. The van der Waals surface area contributed by atoms with Crippen LogP contribution in [0.5, 0.6) is 0 Å². The lowest BCUT2D eigenvalue weighted by Crippen LogP contribution is -2.79. The van der Waals surface area contributed by atoms with Crippen LogP contribution in [0.3, 0.4) is 0 Å². The Kier molecular flexibility index (Phi) is 5.97. The number of carbonyl (C=O) groups is 3. The van der Waals surface area contributed by atoms with Crippen LogP contribution >= 0.6 is 0 Å². The number of methoxy groups -OCH3 is 1. The number of aliphatic hydroxyl groups is 1. The topological polar surface area (TPSA) is 122 Å². The molecule has 4 aliphatic rings. The number of cyclic esters (lactones) is 1. The van der Waals surface area contributed by atoms with Crippen molar-refractivity contribution < 1.29 is 42.9 Å². The quantitative estimate of drug-likeness (QED) is 0.349. The van der Waals surface area contributed by atoms with Gasteiger partial charge in [0.1, 0.15) is 17.8 Å². The van der Waals surface area contributed by atoms with Crippen LogP contribution in [-0.4, -0.2) is 53.5 Å². The molecular weight excluding hydrogens is 492 g/mol. The van der Waals surface area contributed by atoms with Crippen molar-refractivity contribution in [3.63, 3.8) is 0 Å². The summed E-state index contributed by atoms with van der Waals surface area (Å²) in [6.45, 7) is 13.6. The van der Waals surface area contributed by atoms with Gasteiger partial charge in [0, 0.05) is 41.6 Å². The molecule has 0 aromatic carbocycles. The number of hydrogen-bond acceptors (Lipinski definition) is 9. The van der Waals surface area contributed by atoms with Gasteiger partial charge in [-0.15, -0.1) is 0 Å². The Morgan fingerprint density at radius 2 is 1.92 bits per heavy atom. The summed E-state index contributed by atoms with van der Waals surface area (Å²) in [7, 11) is 1.33. The zero-order valence-corrected chi connectivity index (χ0v) is 23.0. The molecule has 8 atom stereocenters. The maximum Gasteiger partial charge on any atom is 0.309 e. The van der Waals surface area contributed by atoms with Crippen LogP contribution in [0, 0.1) is 22.2 Å². The fourth-order valence-electron chi connectivity index (χ4n) is 8.39. The molecule has 2 saturated heterocycles. The number of esters is 3. The summed E-state index contributed by atoms with van der Waals surface area (Å²) in [6, 6.07) is 1.77. The molecule has 1 N–H and O–H groups in total. The highest BCUT2D eigenvalue weighted by Crippen LogP contribution is 2.73. The van der Waals surface area contributed by atoms with Crippen LogP contribution in [0.4, 0.5) is 0 Å². The number of hydrogen-bond donors (Lipinski definition) is 1. The van der Waals surface area contributed by atoms with E-state index in [4.69, 9.17) is 23.4 Å². The highest BCUT2D eigenvalue weighted by Gasteiger charge is 2.78. The fraction of sp³-hybridized carbons (Fsp3) is 0.690. The molecule has 9 nitrogen and oxygen atoms in total. The second-order valence-corrected chi connectivity index (χ2v) is 12.6. The first-order valence-corrected chi connectivity index (χ1v) is 13.2. The van der Waals surface area contributed by atoms with Crippen LogP contribution in [0.2, 0.25) is 0 Å². The van der Waals surface area contributed by atoms with Gasteiger partial charge < -0.3 is 28.5 Å². The number of rotatable bonds is 4. The van der Waals surface area contributed by atoms with Crippen molar-refractivity contribution in [1.29, 1.82) is 0 Å². The summed E-state index contributed by atoms with van der Waals surface area (Å²) in [6.07, 6.45) is 2.18. The third-order valence-corrected chi connectivity index (χ3v) is 10.7. The van der Waals surface area contributed by atoms with Gasteiger partial charge in [-0.2, -0.15) is 0 Å². The van der Waals surface area contributed by atoms with Gasteiger partial charge in [-0.3, -0.25) is 14.4 Å². The number of furan rings is 1. The van der Waals surface area contributed by atoms with E-state index in [0.717, 1.165) is 0 Å². The van der Waals surface area contributed by atoms with E-state index < -0.39 is 69.6 Å². The van der Waals surface area contributed by atoms with Crippen molar-refractivity contribution in [1.82, 2.24) is 0 Å². The summed E-state index contributed by atoms with van der Waals surface area (Å²) < 4.78 is 29.1. The molecule has 4 fully saturated rings. The van der Waals surface area contributed by atoms with Crippen molar-refractivity contribution in [2.45, 2.75) is 96.2 Å². The smallest absolute Gasteiger partial charge is 0.309 e. The third kappa shape index (κ3) is 3.27. The van der Waals surface area contributed by atoms with Crippen LogP contribution < -0.4 is 0 Å². The van der Waals surface area contributed by atoms with E-state index in [9.17, 15) is 19.5 Å². The van der Waals surface area contributed by atoms with Gasteiger partial charge in [0.25, 0.3) is 0 Å². The molecule has 2 aliphatic heterocycles. The normalized spacial score (nSPS) is 43.3. The first-order chi connectivity index (χ1) is 17.7. The zero-order valence-electron chi connectivity index (χ0n) is 23.0.